The Morgan fingerprint density at radius 2 is 1.73 bits per heavy atom. The summed E-state index contributed by atoms with van der Waals surface area (Å²) in [7, 11) is 0. The predicted molar refractivity (Wildman–Crippen MR) is 61.7 cm³/mol. The SMILES string of the molecule is CCCCCC[C@@H]1C(=O)O[C@@H]1CCCC. The summed E-state index contributed by atoms with van der Waals surface area (Å²) in [6.45, 7) is 4.39. The third kappa shape index (κ3) is 3.84. The van der Waals surface area contributed by atoms with Crippen LogP contribution in [0.4, 0.5) is 0 Å². The van der Waals surface area contributed by atoms with Crippen LogP contribution in [0.2, 0.25) is 0 Å². The predicted octanol–water partition coefficient (Wildman–Crippen LogP) is 3.69. The Morgan fingerprint density at radius 3 is 2.33 bits per heavy atom. The molecule has 2 heteroatoms. The van der Waals surface area contributed by atoms with Gasteiger partial charge in [0, 0.05) is 0 Å². The minimum atomic E-state index is 0.0487. The Morgan fingerprint density at radius 1 is 1.00 bits per heavy atom. The highest BCUT2D eigenvalue weighted by Gasteiger charge is 2.40. The zero-order chi connectivity index (χ0) is 11.1. The van der Waals surface area contributed by atoms with Gasteiger partial charge in [0.2, 0.25) is 0 Å². The lowest BCUT2D eigenvalue weighted by atomic mass is 9.88. The fourth-order valence-corrected chi connectivity index (χ4v) is 2.16. The first-order valence-electron chi connectivity index (χ1n) is 6.50. The molecule has 0 amide bonds. The molecule has 2 atom stereocenters. The van der Waals surface area contributed by atoms with Crippen molar-refractivity contribution in [3.05, 3.63) is 0 Å². The Bertz CT molecular complexity index is 189. The minimum absolute atomic E-state index is 0.0487. The van der Waals surface area contributed by atoms with Gasteiger partial charge in [0.15, 0.2) is 0 Å². The van der Waals surface area contributed by atoms with Crippen molar-refractivity contribution in [2.45, 2.75) is 71.3 Å². The van der Waals surface area contributed by atoms with E-state index in [1.807, 2.05) is 0 Å². The Balaban J connectivity index is 2.11. The standard InChI is InChI=1S/C13H24O2/c1-3-5-7-8-9-11-12(10-6-4-2)15-13(11)14/h11-12H,3-10H2,1-2H3/t11-,12+/m0/s1. The zero-order valence-electron chi connectivity index (χ0n) is 10.1. The van der Waals surface area contributed by atoms with Crippen molar-refractivity contribution in [3.63, 3.8) is 0 Å². The normalized spacial score (nSPS) is 24.8. The number of carbonyl (C=O) groups excluding carboxylic acids is 1. The average molecular weight is 212 g/mol. The summed E-state index contributed by atoms with van der Waals surface area (Å²) in [5.41, 5.74) is 0. The lowest BCUT2D eigenvalue weighted by Crippen LogP contribution is -2.44. The van der Waals surface area contributed by atoms with Gasteiger partial charge in [-0.15, -0.1) is 0 Å². The van der Waals surface area contributed by atoms with E-state index in [2.05, 4.69) is 13.8 Å². The van der Waals surface area contributed by atoms with Crippen LogP contribution in [0.25, 0.3) is 0 Å². The second kappa shape index (κ2) is 6.86. The minimum Gasteiger partial charge on any atom is -0.461 e. The van der Waals surface area contributed by atoms with Crippen molar-refractivity contribution < 1.29 is 9.53 Å². The van der Waals surface area contributed by atoms with Crippen LogP contribution in [0.5, 0.6) is 0 Å². The van der Waals surface area contributed by atoms with Gasteiger partial charge < -0.3 is 4.74 Å². The van der Waals surface area contributed by atoms with Gasteiger partial charge >= 0.3 is 5.97 Å². The summed E-state index contributed by atoms with van der Waals surface area (Å²) in [4.78, 5) is 11.2. The molecule has 1 saturated heterocycles. The largest absolute Gasteiger partial charge is 0.461 e. The number of esters is 1. The topological polar surface area (TPSA) is 26.3 Å². The molecule has 0 N–H and O–H groups in total. The van der Waals surface area contributed by atoms with Crippen LogP contribution in [0, 0.1) is 5.92 Å². The molecule has 0 bridgehead atoms. The Kier molecular flexibility index (Phi) is 5.74. The van der Waals surface area contributed by atoms with Crippen molar-refractivity contribution >= 4 is 5.97 Å². The molecule has 0 radical (unpaired) electrons. The van der Waals surface area contributed by atoms with E-state index in [0.717, 1.165) is 12.8 Å². The maximum Gasteiger partial charge on any atom is 0.313 e. The second-order valence-electron chi connectivity index (χ2n) is 4.57. The van der Waals surface area contributed by atoms with E-state index in [4.69, 9.17) is 4.74 Å². The van der Waals surface area contributed by atoms with Gasteiger partial charge in [-0.25, -0.2) is 0 Å². The summed E-state index contributed by atoms with van der Waals surface area (Å²) >= 11 is 0. The van der Waals surface area contributed by atoms with E-state index in [-0.39, 0.29) is 18.0 Å². The molecule has 0 unspecified atom stereocenters. The van der Waals surface area contributed by atoms with Crippen molar-refractivity contribution in [1.29, 1.82) is 0 Å². The van der Waals surface area contributed by atoms with Crippen LogP contribution in [0.3, 0.4) is 0 Å². The molecular formula is C13H24O2. The smallest absolute Gasteiger partial charge is 0.313 e. The summed E-state index contributed by atoms with van der Waals surface area (Å²) in [5, 5.41) is 0. The number of unbranched alkanes of at least 4 members (excludes halogenated alkanes) is 4. The Labute approximate surface area is 93.4 Å². The molecule has 0 saturated carbocycles. The monoisotopic (exact) mass is 212 g/mol. The molecule has 1 aliphatic heterocycles. The first-order valence-corrected chi connectivity index (χ1v) is 6.50. The number of rotatable bonds is 8. The van der Waals surface area contributed by atoms with E-state index in [1.165, 1.54) is 38.5 Å². The second-order valence-corrected chi connectivity index (χ2v) is 4.57. The van der Waals surface area contributed by atoms with Crippen LogP contribution < -0.4 is 0 Å². The van der Waals surface area contributed by atoms with Gasteiger partial charge in [-0.3, -0.25) is 4.79 Å². The first-order chi connectivity index (χ1) is 7.29. The lowest BCUT2D eigenvalue weighted by Gasteiger charge is -2.35. The molecule has 1 fully saturated rings. The third-order valence-electron chi connectivity index (χ3n) is 3.23. The van der Waals surface area contributed by atoms with E-state index in [0.29, 0.717) is 0 Å². The number of carbonyl (C=O) groups is 1. The number of ether oxygens (including phenoxy) is 1. The van der Waals surface area contributed by atoms with Crippen LogP contribution in [-0.4, -0.2) is 12.1 Å². The average Bonchev–Trinajstić information content (AvgIpc) is 2.23. The quantitative estimate of drug-likeness (QED) is 0.453. The molecule has 0 aromatic heterocycles. The maximum atomic E-state index is 11.2. The summed E-state index contributed by atoms with van der Waals surface area (Å²) in [6.07, 6.45) is 9.75. The Hall–Kier alpha value is -0.530. The number of cyclic esters (lactones) is 1. The fourth-order valence-electron chi connectivity index (χ4n) is 2.16. The van der Waals surface area contributed by atoms with E-state index < -0.39 is 0 Å². The number of hydrogen-bond donors (Lipinski definition) is 0. The highest BCUT2D eigenvalue weighted by Crippen LogP contribution is 2.31. The van der Waals surface area contributed by atoms with Crippen LogP contribution in [0.15, 0.2) is 0 Å². The zero-order valence-corrected chi connectivity index (χ0v) is 10.1. The highest BCUT2D eigenvalue weighted by atomic mass is 16.6. The van der Waals surface area contributed by atoms with Crippen molar-refractivity contribution in [2.24, 2.45) is 5.92 Å². The third-order valence-corrected chi connectivity index (χ3v) is 3.23. The fraction of sp³-hybridized carbons (Fsp3) is 0.923. The molecule has 2 nitrogen and oxygen atoms in total. The van der Waals surface area contributed by atoms with E-state index in [9.17, 15) is 4.79 Å². The molecule has 1 rings (SSSR count). The van der Waals surface area contributed by atoms with Crippen LogP contribution in [0.1, 0.15) is 65.2 Å². The van der Waals surface area contributed by atoms with Crippen LogP contribution >= 0.6 is 0 Å². The van der Waals surface area contributed by atoms with E-state index in [1.54, 1.807) is 0 Å². The van der Waals surface area contributed by atoms with Crippen LogP contribution in [-0.2, 0) is 9.53 Å². The van der Waals surface area contributed by atoms with Gasteiger partial charge in [-0.05, 0) is 12.8 Å². The molecule has 1 heterocycles. The maximum absolute atomic E-state index is 11.2. The molecular weight excluding hydrogens is 188 g/mol. The van der Waals surface area contributed by atoms with Crippen molar-refractivity contribution in [2.75, 3.05) is 0 Å². The van der Waals surface area contributed by atoms with E-state index >= 15 is 0 Å². The molecule has 1 aliphatic rings. The van der Waals surface area contributed by atoms with Gasteiger partial charge in [0.05, 0.1) is 5.92 Å². The molecule has 88 valence electrons. The number of hydrogen-bond acceptors (Lipinski definition) is 2. The van der Waals surface area contributed by atoms with Crippen molar-refractivity contribution in [1.82, 2.24) is 0 Å². The first kappa shape index (κ1) is 12.5. The van der Waals surface area contributed by atoms with Gasteiger partial charge in [0.25, 0.3) is 0 Å². The van der Waals surface area contributed by atoms with Gasteiger partial charge in [0.1, 0.15) is 6.10 Å². The molecule has 15 heavy (non-hydrogen) atoms. The van der Waals surface area contributed by atoms with Crippen molar-refractivity contribution in [3.8, 4) is 0 Å². The highest BCUT2D eigenvalue weighted by molar-refractivity contribution is 5.78. The lowest BCUT2D eigenvalue weighted by molar-refractivity contribution is -0.186. The van der Waals surface area contributed by atoms with Gasteiger partial charge in [-0.1, -0.05) is 52.4 Å². The molecule has 0 aliphatic carbocycles. The van der Waals surface area contributed by atoms with Gasteiger partial charge in [-0.2, -0.15) is 0 Å². The molecule has 0 aromatic rings. The summed E-state index contributed by atoms with van der Waals surface area (Å²) in [6, 6.07) is 0. The molecule has 0 aromatic carbocycles. The molecule has 0 spiro atoms. The summed E-state index contributed by atoms with van der Waals surface area (Å²) in [5.74, 6) is 0.279. The summed E-state index contributed by atoms with van der Waals surface area (Å²) < 4.78 is 5.17.